The van der Waals surface area contributed by atoms with Crippen LogP contribution in [0.15, 0.2) is 79.5 Å². The van der Waals surface area contributed by atoms with Crippen molar-refractivity contribution in [2.45, 2.75) is 44.7 Å². The van der Waals surface area contributed by atoms with Crippen LogP contribution in [0.2, 0.25) is 0 Å². The Labute approximate surface area is 222 Å². The minimum Gasteiger partial charge on any atom is -0.378 e. The highest BCUT2D eigenvalue weighted by atomic mass is 16.1. The smallest absolute Gasteiger partial charge is 0.217 e. The van der Waals surface area contributed by atoms with E-state index < -0.39 is 0 Å². The van der Waals surface area contributed by atoms with Crippen LogP contribution >= 0.6 is 0 Å². The Bertz CT molecular complexity index is 1590. The molecular formula is C31H32N6O. The number of aryl methyl sites for hydroxylation is 1. The number of anilines is 1. The average Bonchev–Trinajstić information content (AvgIpc) is 3.32. The lowest BCUT2D eigenvalue weighted by molar-refractivity contribution is -0.119. The second-order valence-corrected chi connectivity index (χ2v) is 10.4. The number of nitrogens with zero attached hydrogens (tertiary/aromatic N) is 4. The van der Waals surface area contributed by atoms with Gasteiger partial charge >= 0.3 is 0 Å². The lowest BCUT2D eigenvalue weighted by Crippen LogP contribution is -2.38. The number of amides is 1. The molecule has 7 nitrogen and oxygen atoms in total. The molecule has 1 aliphatic rings. The molecule has 2 N–H and O–H groups in total. The Morgan fingerprint density at radius 3 is 2.63 bits per heavy atom. The van der Waals surface area contributed by atoms with Crippen molar-refractivity contribution < 1.29 is 4.79 Å². The molecule has 7 heteroatoms. The van der Waals surface area contributed by atoms with Crippen molar-refractivity contribution in [3.63, 3.8) is 0 Å². The van der Waals surface area contributed by atoms with Crippen molar-refractivity contribution in [1.82, 2.24) is 24.8 Å². The number of hydrogen-bond acceptors (Lipinski definition) is 5. The molecule has 3 aromatic heterocycles. The van der Waals surface area contributed by atoms with E-state index in [0.717, 1.165) is 53.5 Å². The standard InChI is InChI=1S/C31H32N6O/c1-20(38)35-25-9-7-22(8-10-25)30(24-4-3-12-32-19-24)36-26-17-27(31-28(18-26)33-13-14-34-31)23-6-5-21-11-15-37(2)29(21)16-23/h3-6,11-19,22,25,30,36H,7-10H2,1-2H3,(H,35,38)/t22?,25?,30-/m0/s1. The molecule has 0 unspecified atom stereocenters. The maximum Gasteiger partial charge on any atom is 0.217 e. The van der Waals surface area contributed by atoms with E-state index in [4.69, 9.17) is 4.98 Å². The molecule has 38 heavy (non-hydrogen) atoms. The molecule has 192 valence electrons. The molecule has 1 fully saturated rings. The van der Waals surface area contributed by atoms with Gasteiger partial charge in [0.1, 0.15) is 0 Å². The van der Waals surface area contributed by atoms with Gasteiger partial charge in [0.2, 0.25) is 5.91 Å². The quantitative estimate of drug-likeness (QED) is 0.295. The highest BCUT2D eigenvalue weighted by Crippen LogP contribution is 2.39. The van der Waals surface area contributed by atoms with E-state index >= 15 is 0 Å². The van der Waals surface area contributed by atoms with Crippen LogP contribution in [0.1, 0.15) is 44.2 Å². The summed E-state index contributed by atoms with van der Waals surface area (Å²) in [5.41, 5.74) is 7.28. The number of fused-ring (bicyclic) bond motifs is 2. The molecule has 1 saturated carbocycles. The van der Waals surface area contributed by atoms with Gasteiger partial charge in [0, 0.05) is 67.8 Å². The van der Waals surface area contributed by atoms with Crippen LogP contribution in [0.3, 0.4) is 0 Å². The molecule has 6 rings (SSSR count). The fourth-order valence-corrected chi connectivity index (χ4v) is 5.91. The first kappa shape index (κ1) is 24.1. The maximum absolute atomic E-state index is 11.6. The van der Waals surface area contributed by atoms with Crippen LogP contribution in [-0.2, 0) is 11.8 Å². The van der Waals surface area contributed by atoms with Crippen LogP contribution in [0.4, 0.5) is 5.69 Å². The molecule has 0 bridgehead atoms. The molecule has 1 amide bonds. The highest BCUT2D eigenvalue weighted by molar-refractivity contribution is 5.97. The Hall–Kier alpha value is -4.26. The van der Waals surface area contributed by atoms with Gasteiger partial charge in [0.15, 0.2) is 0 Å². The van der Waals surface area contributed by atoms with E-state index in [0.29, 0.717) is 5.92 Å². The molecular weight excluding hydrogens is 472 g/mol. The third kappa shape index (κ3) is 4.84. The minimum absolute atomic E-state index is 0.0497. The van der Waals surface area contributed by atoms with Crippen LogP contribution < -0.4 is 10.6 Å². The molecule has 5 aromatic rings. The first-order chi connectivity index (χ1) is 18.5. The number of carbonyl (C=O) groups excluding carboxylic acids is 1. The van der Waals surface area contributed by atoms with Crippen molar-refractivity contribution in [1.29, 1.82) is 0 Å². The van der Waals surface area contributed by atoms with Gasteiger partial charge in [0.25, 0.3) is 0 Å². The van der Waals surface area contributed by atoms with Crippen molar-refractivity contribution >= 4 is 33.5 Å². The summed E-state index contributed by atoms with van der Waals surface area (Å²) in [5, 5.41) is 8.18. The summed E-state index contributed by atoms with van der Waals surface area (Å²) >= 11 is 0. The number of nitrogens with one attached hydrogen (secondary N) is 2. The molecule has 0 saturated heterocycles. The van der Waals surface area contributed by atoms with Gasteiger partial charge in [-0.2, -0.15) is 0 Å². The largest absolute Gasteiger partial charge is 0.378 e. The molecule has 0 spiro atoms. The van der Waals surface area contributed by atoms with E-state index in [9.17, 15) is 4.79 Å². The first-order valence-electron chi connectivity index (χ1n) is 13.3. The van der Waals surface area contributed by atoms with E-state index in [1.165, 1.54) is 16.5 Å². The summed E-state index contributed by atoms with van der Waals surface area (Å²) in [4.78, 5) is 25.4. The number of pyridine rings is 1. The molecule has 2 aromatic carbocycles. The maximum atomic E-state index is 11.6. The number of carbonyl (C=O) groups is 1. The zero-order chi connectivity index (χ0) is 26.1. The number of hydrogen-bond donors (Lipinski definition) is 2. The minimum atomic E-state index is 0.0497. The number of rotatable bonds is 6. The average molecular weight is 505 g/mol. The van der Waals surface area contributed by atoms with Gasteiger partial charge < -0.3 is 15.2 Å². The van der Waals surface area contributed by atoms with Crippen molar-refractivity contribution in [2.24, 2.45) is 13.0 Å². The molecule has 3 heterocycles. The fraction of sp³-hybridized carbons (Fsp3) is 0.290. The van der Waals surface area contributed by atoms with Gasteiger partial charge in [-0.15, -0.1) is 0 Å². The van der Waals surface area contributed by atoms with E-state index in [2.05, 4.69) is 80.9 Å². The van der Waals surface area contributed by atoms with Crippen molar-refractivity contribution in [2.75, 3.05) is 5.32 Å². The first-order valence-corrected chi connectivity index (χ1v) is 13.3. The number of aromatic nitrogens is 4. The third-order valence-electron chi connectivity index (χ3n) is 7.79. The van der Waals surface area contributed by atoms with Crippen LogP contribution in [-0.4, -0.2) is 31.5 Å². The second-order valence-electron chi connectivity index (χ2n) is 10.4. The van der Waals surface area contributed by atoms with E-state index in [1.54, 1.807) is 19.3 Å². The lowest BCUT2D eigenvalue weighted by atomic mass is 9.79. The van der Waals surface area contributed by atoms with Gasteiger partial charge in [-0.25, -0.2) is 0 Å². The summed E-state index contributed by atoms with van der Waals surface area (Å²) < 4.78 is 2.14. The third-order valence-corrected chi connectivity index (χ3v) is 7.79. The Morgan fingerprint density at radius 2 is 1.84 bits per heavy atom. The second kappa shape index (κ2) is 10.2. The van der Waals surface area contributed by atoms with Crippen LogP contribution in [0, 0.1) is 5.92 Å². The SMILES string of the molecule is CC(=O)NC1CCC([C@H](Nc2cc(-c3ccc4ccn(C)c4c3)c3nccnc3c2)c2cccnc2)CC1. The predicted octanol–water partition coefficient (Wildman–Crippen LogP) is 6.03. The van der Waals surface area contributed by atoms with Gasteiger partial charge in [-0.3, -0.25) is 19.7 Å². The van der Waals surface area contributed by atoms with Gasteiger partial charge in [-0.05, 0) is 78.4 Å². The number of benzene rings is 2. The Balaban J connectivity index is 1.37. The zero-order valence-electron chi connectivity index (χ0n) is 21.8. The highest BCUT2D eigenvalue weighted by Gasteiger charge is 2.29. The summed E-state index contributed by atoms with van der Waals surface area (Å²) in [6.07, 6.45) is 13.4. The van der Waals surface area contributed by atoms with Gasteiger partial charge in [0.05, 0.1) is 17.1 Å². The van der Waals surface area contributed by atoms with Crippen LogP contribution in [0.5, 0.6) is 0 Å². The van der Waals surface area contributed by atoms with E-state index in [-0.39, 0.29) is 18.0 Å². The molecule has 0 radical (unpaired) electrons. The van der Waals surface area contributed by atoms with E-state index in [1.807, 2.05) is 18.5 Å². The summed E-state index contributed by atoms with van der Waals surface area (Å²) in [5.74, 6) is 0.471. The normalized spacial score (nSPS) is 18.4. The zero-order valence-corrected chi connectivity index (χ0v) is 21.8. The summed E-state index contributed by atoms with van der Waals surface area (Å²) in [6, 6.07) is 17.5. The van der Waals surface area contributed by atoms with Gasteiger partial charge in [-0.1, -0.05) is 18.2 Å². The molecule has 1 aliphatic carbocycles. The Morgan fingerprint density at radius 1 is 1.00 bits per heavy atom. The molecule has 0 aliphatic heterocycles. The summed E-state index contributed by atoms with van der Waals surface area (Å²) in [7, 11) is 2.07. The summed E-state index contributed by atoms with van der Waals surface area (Å²) in [6.45, 7) is 1.60. The Kier molecular flexibility index (Phi) is 6.50. The monoisotopic (exact) mass is 504 g/mol. The lowest BCUT2D eigenvalue weighted by Gasteiger charge is -2.35. The topological polar surface area (TPSA) is 84.7 Å². The van der Waals surface area contributed by atoms with Crippen molar-refractivity contribution in [3.8, 4) is 11.1 Å². The van der Waals surface area contributed by atoms with Crippen LogP contribution in [0.25, 0.3) is 33.1 Å². The van der Waals surface area contributed by atoms with Crippen molar-refractivity contribution in [3.05, 3.63) is 85.1 Å². The molecule has 1 atom stereocenters. The fourth-order valence-electron chi connectivity index (χ4n) is 5.91. The predicted molar refractivity (Wildman–Crippen MR) is 152 cm³/mol.